The van der Waals surface area contributed by atoms with Crippen LogP contribution in [0.1, 0.15) is 16.7 Å². The molecule has 2 aromatic rings. The summed E-state index contributed by atoms with van der Waals surface area (Å²) in [5.74, 6) is 0. The van der Waals surface area contributed by atoms with Crippen LogP contribution in [0.25, 0.3) is 6.08 Å². The topological polar surface area (TPSA) is 32.3 Å². The summed E-state index contributed by atoms with van der Waals surface area (Å²) >= 11 is 3.40. The van der Waals surface area contributed by atoms with Crippen LogP contribution in [-0.4, -0.2) is 17.5 Å². The summed E-state index contributed by atoms with van der Waals surface area (Å²) in [6, 6.07) is 16.2. The molecule has 0 fully saturated rings. The molecule has 0 bridgehead atoms. The van der Waals surface area contributed by atoms with Crippen molar-refractivity contribution < 1.29 is 4.79 Å². The minimum absolute atomic E-state index is 0.0529. The van der Waals surface area contributed by atoms with Gasteiger partial charge in [-0.3, -0.25) is 0 Å². The molecule has 0 spiro atoms. The Morgan fingerprint density at radius 3 is 2.59 bits per heavy atom. The first-order valence-corrected chi connectivity index (χ1v) is 8.06. The van der Waals surface area contributed by atoms with Crippen LogP contribution < -0.4 is 5.32 Å². The number of fused-ring (bicyclic) bond motifs is 1. The maximum absolute atomic E-state index is 12.2. The van der Waals surface area contributed by atoms with Crippen molar-refractivity contribution in [2.75, 3.05) is 6.54 Å². The molecule has 1 aliphatic rings. The van der Waals surface area contributed by atoms with Gasteiger partial charge in [0.15, 0.2) is 0 Å². The molecule has 0 saturated heterocycles. The number of urea groups is 1. The van der Waals surface area contributed by atoms with Crippen LogP contribution in [0.5, 0.6) is 0 Å². The second kappa shape index (κ2) is 6.79. The van der Waals surface area contributed by atoms with Crippen molar-refractivity contribution in [3.63, 3.8) is 0 Å². The van der Waals surface area contributed by atoms with Crippen molar-refractivity contribution >= 4 is 28.0 Å². The van der Waals surface area contributed by atoms with Crippen LogP contribution in [0.3, 0.4) is 0 Å². The SMILES string of the molecule is O=C(N/C=C/c1ccc(Br)cc1)N1CCc2ccccc2C1. The van der Waals surface area contributed by atoms with Gasteiger partial charge in [0, 0.05) is 23.8 Å². The van der Waals surface area contributed by atoms with Crippen molar-refractivity contribution in [3.05, 3.63) is 75.9 Å². The molecule has 3 rings (SSSR count). The smallest absolute Gasteiger partial charge is 0.320 e. The molecule has 2 aromatic carbocycles. The summed E-state index contributed by atoms with van der Waals surface area (Å²) < 4.78 is 1.04. The summed E-state index contributed by atoms with van der Waals surface area (Å²) in [6.07, 6.45) is 4.51. The highest BCUT2D eigenvalue weighted by Gasteiger charge is 2.19. The fourth-order valence-corrected chi connectivity index (χ4v) is 2.81. The molecule has 1 heterocycles. The van der Waals surface area contributed by atoms with E-state index in [2.05, 4.69) is 39.4 Å². The summed E-state index contributed by atoms with van der Waals surface area (Å²) in [7, 11) is 0. The number of rotatable bonds is 2. The molecule has 22 heavy (non-hydrogen) atoms. The van der Waals surface area contributed by atoms with Crippen LogP contribution in [-0.2, 0) is 13.0 Å². The molecule has 0 atom stereocenters. The summed E-state index contributed by atoms with van der Waals surface area (Å²) in [4.78, 5) is 14.0. The normalized spacial score (nSPS) is 14.0. The van der Waals surface area contributed by atoms with E-state index in [4.69, 9.17) is 0 Å². The van der Waals surface area contributed by atoms with Gasteiger partial charge in [-0.15, -0.1) is 0 Å². The van der Waals surface area contributed by atoms with Crippen molar-refractivity contribution in [3.8, 4) is 0 Å². The Balaban J connectivity index is 1.58. The maximum atomic E-state index is 12.2. The molecule has 0 aromatic heterocycles. The molecule has 4 heteroatoms. The van der Waals surface area contributed by atoms with Gasteiger partial charge in [0.25, 0.3) is 0 Å². The van der Waals surface area contributed by atoms with Gasteiger partial charge in [-0.05, 0) is 41.3 Å². The van der Waals surface area contributed by atoms with Gasteiger partial charge in [-0.1, -0.05) is 52.3 Å². The van der Waals surface area contributed by atoms with Crippen LogP contribution in [0.15, 0.2) is 59.2 Å². The Hall–Kier alpha value is -2.07. The lowest BCUT2D eigenvalue weighted by Crippen LogP contribution is -2.40. The summed E-state index contributed by atoms with van der Waals surface area (Å²) in [5, 5.41) is 2.84. The average molecular weight is 357 g/mol. The van der Waals surface area contributed by atoms with E-state index in [-0.39, 0.29) is 6.03 Å². The second-order valence-electron chi connectivity index (χ2n) is 5.27. The van der Waals surface area contributed by atoms with Gasteiger partial charge in [0.2, 0.25) is 0 Å². The largest absolute Gasteiger partial charge is 0.321 e. The fraction of sp³-hybridized carbons (Fsp3) is 0.167. The maximum Gasteiger partial charge on any atom is 0.321 e. The third-order valence-electron chi connectivity index (χ3n) is 3.77. The molecule has 1 aliphatic heterocycles. The van der Waals surface area contributed by atoms with Gasteiger partial charge < -0.3 is 10.2 Å². The quantitative estimate of drug-likeness (QED) is 0.859. The van der Waals surface area contributed by atoms with Crippen molar-refractivity contribution in [1.82, 2.24) is 10.2 Å². The van der Waals surface area contributed by atoms with Gasteiger partial charge in [0.05, 0.1) is 0 Å². The third kappa shape index (κ3) is 3.57. The first-order chi connectivity index (χ1) is 10.7. The highest BCUT2D eigenvalue weighted by Crippen LogP contribution is 2.18. The minimum Gasteiger partial charge on any atom is -0.320 e. The molecule has 0 unspecified atom stereocenters. The number of hydrogen-bond acceptors (Lipinski definition) is 1. The van der Waals surface area contributed by atoms with E-state index >= 15 is 0 Å². The third-order valence-corrected chi connectivity index (χ3v) is 4.30. The lowest BCUT2D eigenvalue weighted by Gasteiger charge is -2.28. The lowest BCUT2D eigenvalue weighted by atomic mass is 10.0. The highest BCUT2D eigenvalue weighted by molar-refractivity contribution is 9.10. The molecule has 3 nitrogen and oxygen atoms in total. The zero-order valence-electron chi connectivity index (χ0n) is 12.1. The number of nitrogens with one attached hydrogen (secondary N) is 1. The van der Waals surface area contributed by atoms with Crippen LogP contribution in [0.2, 0.25) is 0 Å². The van der Waals surface area contributed by atoms with E-state index in [0.29, 0.717) is 6.54 Å². The number of halogens is 1. The molecule has 112 valence electrons. The van der Waals surface area contributed by atoms with E-state index in [9.17, 15) is 4.79 Å². The van der Waals surface area contributed by atoms with Crippen LogP contribution in [0.4, 0.5) is 4.79 Å². The van der Waals surface area contributed by atoms with E-state index in [0.717, 1.165) is 23.0 Å². The first-order valence-electron chi connectivity index (χ1n) is 7.27. The van der Waals surface area contributed by atoms with Crippen LogP contribution in [0, 0.1) is 0 Å². The van der Waals surface area contributed by atoms with Gasteiger partial charge >= 0.3 is 6.03 Å². The Bertz CT molecular complexity index is 694. The summed E-state index contributed by atoms with van der Waals surface area (Å²) in [6.45, 7) is 1.43. The molecular formula is C18H17BrN2O. The molecule has 0 radical (unpaired) electrons. The standard InChI is InChI=1S/C18H17BrN2O/c19-17-7-5-14(6-8-17)9-11-20-18(22)21-12-10-15-3-1-2-4-16(15)13-21/h1-9,11H,10,12-13H2,(H,20,22)/b11-9+. The van der Waals surface area contributed by atoms with Gasteiger partial charge in [-0.2, -0.15) is 0 Å². The molecular weight excluding hydrogens is 340 g/mol. The zero-order valence-corrected chi connectivity index (χ0v) is 13.7. The average Bonchev–Trinajstić information content (AvgIpc) is 2.56. The van der Waals surface area contributed by atoms with Crippen molar-refractivity contribution in [2.24, 2.45) is 0 Å². The number of hydrogen-bond donors (Lipinski definition) is 1. The molecule has 0 aliphatic carbocycles. The molecule has 2 amide bonds. The van der Waals surface area contributed by atoms with E-state index in [1.54, 1.807) is 6.20 Å². The summed E-state index contributed by atoms with van der Waals surface area (Å²) in [5.41, 5.74) is 3.63. The number of amides is 2. The number of carbonyl (C=O) groups excluding carboxylic acids is 1. The van der Waals surface area contributed by atoms with E-state index in [1.165, 1.54) is 11.1 Å². The van der Waals surface area contributed by atoms with Crippen LogP contribution >= 0.6 is 15.9 Å². The Morgan fingerprint density at radius 1 is 1.09 bits per heavy atom. The molecule has 1 N–H and O–H groups in total. The lowest BCUT2D eigenvalue weighted by molar-refractivity contribution is 0.196. The van der Waals surface area contributed by atoms with E-state index in [1.807, 2.05) is 41.3 Å². The first kappa shape index (κ1) is 14.9. The number of benzene rings is 2. The van der Waals surface area contributed by atoms with Crippen molar-refractivity contribution in [1.29, 1.82) is 0 Å². The Labute approximate surface area is 138 Å². The predicted octanol–water partition coefficient (Wildman–Crippen LogP) is 4.19. The fourth-order valence-electron chi connectivity index (χ4n) is 2.54. The monoisotopic (exact) mass is 356 g/mol. The second-order valence-corrected chi connectivity index (χ2v) is 6.19. The number of nitrogens with zero attached hydrogens (tertiary/aromatic N) is 1. The van der Waals surface area contributed by atoms with Gasteiger partial charge in [-0.25, -0.2) is 4.79 Å². The highest BCUT2D eigenvalue weighted by atomic mass is 79.9. The Kier molecular flexibility index (Phi) is 4.59. The van der Waals surface area contributed by atoms with E-state index < -0.39 is 0 Å². The Morgan fingerprint density at radius 2 is 1.82 bits per heavy atom. The van der Waals surface area contributed by atoms with Crippen molar-refractivity contribution in [2.45, 2.75) is 13.0 Å². The minimum atomic E-state index is -0.0529. The predicted molar refractivity (Wildman–Crippen MR) is 92.3 cm³/mol. The molecule has 0 saturated carbocycles. The number of carbonyl (C=O) groups is 1. The zero-order chi connectivity index (χ0) is 15.4. The van der Waals surface area contributed by atoms with Gasteiger partial charge in [0.1, 0.15) is 0 Å².